The summed E-state index contributed by atoms with van der Waals surface area (Å²) in [5.41, 5.74) is 1.78. The van der Waals surface area contributed by atoms with Crippen molar-refractivity contribution in [3.63, 3.8) is 0 Å². The van der Waals surface area contributed by atoms with Gasteiger partial charge in [-0.15, -0.1) is 0 Å². The monoisotopic (exact) mass is 274 g/mol. The Morgan fingerprint density at radius 2 is 1.84 bits per heavy atom. The van der Waals surface area contributed by atoms with E-state index in [9.17, 15) is 4.79 Å². The van der Waals surface area contributed by atoms with Gasteiger partial charge in [-0.2, -0.15) is 0 Å². The number of ether oxygens (including phenoxy) is 1. The maximum absolute atomic E-state index is 11.5. The number of hydrogen-bond acceptors (Lipinski definition) is 2. The van der Waals surface area contributed by atoms with Crippen LogP contribution in [0.1, 0.15) is 29.3 Å². The molecule has 0 N–H and O–H groups in total. The summed E-state index contributed by atoms with van der Waals surface area (Å²) in [5, 5.41) is 0.578. The summed E-state index contributed by atoms with van der Waals surface area (Å²) >= 11 is 6.10. The number of carbonyl (C=O) groups is 1. The molecule has 2 aromatic rings. The maximum atomic E-state index is 11.5. The Bertz CT molecular complexity index is 588. The first-order valence-corrected chi connectivity index (χ1v) is 6.55. The normalized spacial score (nSPS) is 10.3. The van der Waals surface area contributed by atoms with Crippen molar-refractivity contribution < 1.29 is 9.53 Å². The van der Waals surface area contributed by atoms with Crippen LogP contribution in [0.2, 0.25) is 5.02 Å². The molecule has 0 aromatic heterocycles. The minimum absolute atomic E-state index is 0.125. The summed E-state index contributed by atoms with van der Waals surface area (Å²) in [5.74, 6) is 1.40. The Morgan fingerprint density at radius 3 is 2.42 bits per heavy atom. The van der Waals surface area contributed by atoms with Crippen molar-refractivity contribution in [1.29, 1.82) is 0 Å². The molecule has 0 bridgehead atoms. The standard InChI is InChI=1S/C16H15ClO2/c1-3-15(18)12-5-7-13(8-6-12)19-16-9-4-11(2)10-14(16)17/h4-10H,3H2,1-2H3. The Balaban J connectivity index is 2.17. The van der Waals surface area contributed by atoms with E-state index in [1.54, 1.807) is 24.3 Å². The highest BCUT2D eigenvalue weighted by Gasteiger charge is 2.05. The highest BCUT2D eigenvalue weighted by atomic mass is 35.5. The van der Waals surface area contributed by atoms with Crippen LogP contribution >= 0.6 is 11.6 Å². The summed E-state index contributed by atoms with van der Waals surface area (Å²) in [7, 11) is 0. The van der Waals surface area contributed by atoms with Crippen LogP contribution in [0.4, 0.5) is 0 Å². The van der Waals surface area contributed by atoms with E-state index in [1.165, 1.54) is 0 Å². The number of halogens is 1. The van der Waals surface area contributed by atoms with Gasteiger partial charge in [0.1, 0.15) is 11.5 Å². The zero-order valence-corrected chi connectivity index (χ0v) is 11.7. The highest BCUT2D eigenvalue weighted by molar-refractivity contribution is 6.32. The molecule has 0 aliphatic heterocycles. The molecule has 2 nitrogen and oxygen atoms in total. The number of hydrogen-bond donors (Lipinski definition) is 0. The summed E-state index contributed by atoms with van der Waals surface area (Å²) < 4.78 is 5.69. The van der Waals surface area contributed by atoms with Gasteiger partial charge in [0.15, 0.2) is 5.78 Å². The largest absolute Gasteiger partial charge is 0.456 e. The molecule has 0 saturated carbocycles. The third-order valence-corrected chi connectivity index (χ3v) is 3.11. The number of benzene rings is 2. The minimum Gasteiger partial charge on any atom is -0.456 e. The molecule has 0 atom stereocenters. The van der Waals surface area contributed by atoms with Gasteiger partial charge >= 0.3 is 0 Å². The molecule has 2 aromatic carbocycles. The van der Waals surface area contributed by atoms with Crippen molar-refractivity contribution >= 4 is 17.4 Å². The van der Waals surface area contributed by atoms with Gasteiger partial charge in [-0.05, 0) is 48.9 Å². The molecule has 0 spiro atoms. The molecule has 2 rings (SSSR count). The summed E-state index contributed by atoms with van der Waals surface area (Å²) in [6, 6.07) is 12.7. The molecular weight excluding hydrogens is 260 g/mol. The van der Waals surface area contributed by atoms with E-state index in [2.05, 4.69) is 0 Å². The van der Waals surface area contributed by atoms with Crippen LogP contribution in [-0.4, -0.2) is 5.78 Å². The first-order valence-electron chi connectivity index (χ1n) is 6.17. The van der Waals surface area contributed by atoms with Crippen LogP contribution in [0.5, 0.6) is 11.5 Å². The molecule has 3 heteroatoms. The number of ketones is 1. The fourth-order valence-corrected chi connectivity index (χ4v) is 2.00. The molecule has 98 valence electrons. The number of rotatable bonds is 4. The lowest BCUT2D eigenvalue weighted by Crippen LogP contribution is -1.95. The van der Waals surface area contributed by atoms with Crippen molar-refractivity contribution in [1.82, 2.24) is 0 Å². The number of carbonyl (C=O) groups excluding carboxylic acids is 1. The predicted octanol–water partition coefficient (Wildman–Crippen LogP) is 5.03. The Hall–Kier alpha value is -1.80. The van der Waals surface area contributed by atoms with Crippen molar-refractivity contribution in [2.24, 2.45) is 0 Å². The Morgan fingerprint density at radius 1 is 1.16 bits per heavy atom. The van der Waals surface area contributed by atoms with Crippen molar-refractivity contribution in [2.75, 3.05) is 0 Å². The van der Waals surface area contributed by atoms with Crippen LogP contribution in [0.25, 0.3) is 0 Å². The van der Waals surface area contributed by atoms with Gasteiger partial charge in [-0.25, -0.2) is 0 Å². The van der Waals surface area contributed by atoms with Gasteiger partial charge in [0, 0.05) is 12.0 Å². The predicted molar refractivity (Wildman–Crippen MR) is 77.3 cm³/mol. The first-order chi connectivity index (χ1) is 9.10. The quantitative estimate of drug-likeness (QED) is 0.731. The van der Waals surface area contributed by atoms with Gasteiger partial charge < -0.3 is 4.74 Å². The van der Waals surface area contributed by atoms with E-state index in [0.717, 1.165) is 5.56 Å². The van der Waals surface area contributed by atoms with Crippen LogP contribution < -0.4 is 4.74 Å². The second-order valence-corrected chi connectivity index (χ2v) is 4.74. The van der Waals surface area contributed by atoms with Crippen LogP contribution in [0.3, 0.4) is 0 Å². The zero-order valence-electron chi connectivity index (χ0n) is 10.9. The Kier molecular flexibility index (Phi) is 4.23. The van der Waals surface area contributed by atoms with Crippen LogP contribution in [-0.2, 0) is 0 Å². The van der Waals surface area contributed by atoms with E-state index in [1.807, 2.05) is 32.0 Å². The zero-order chi connectivity index (χ0) is 13.8. The van der Waals surface area contributed by atoms with Gasteiger partial charge in [-0.1, -0.05) is 24.6 Å². The molecule has 0 saturated heterocycles. The van der Waals surface area contributed by atoms with E-state index in [-0.39, 0.29) is 5.78 Å². The lowest BCUT2D eigenvalue weighted by Gasteiger charge is -2.08. The molecule has 0 heterocycles. The topological polar surface area (TPSA) is 26.3 Å². The number of Topliss-reactive ketones (excluding diaryl/α,β-unsaturated/α-hetero) is 1. The minimum atomic E-state index is 0.125. The van der Waals surface area contributed by atoms with Gasteiger partial charge in [0.05, 0.1) is 5.02 Å². The number of aryl methyl sites for hydroxylation is 1. The van der Waals surface area contributed by atoms with E-state index < -0.39 is 0 Å². The second-order valence-electron chi connectivity index (χ2n) is 4.34. The van der Waals surface area contributed by atoms with Crippen LogP contribution in [0.15, 0.2) is 42.5 Å². The van der Waals surface area contributed by atoms with Crippen molar-refractivity contribution in [2.45, 2.75) is 20.3 Å². The van der Waals surface area contributed by atoms with Crippen LogP contribution in [0, 0.1) is 6.92 Å². The maximum Gasteiger partial charge on any atom is 0.162 e. The van der Waals surface area contributed by atoms with E-state index in [4.69, 9.17) is 16.3 Å². The lowest BCUT2D eigenvalue weighted by molar-refractivity contribution is 0.0988. The summed E-state index contributed by atoms with van der Waals surface area (Å²) in [6.07, 6.45) is 0.504. The second kappa shape index (κ2) is 5.89. The molecule has 0 aliphatic carbocycles. The SMILES string of the molecule is CCC(=O)c1ccc(Oc2ccc(C)cc2Cl)cc1. The molecular formula is C16H15ClO2. The average Bonchev–Trinajstić information content (AvgIpc) is 2.42. The molecule has 0 unspecified atom stereocenters. The third kappa shape index (κ3) is 3.36. The fourth-order valence-electron chi connectivity index (χ4n) is 1.73. The van der Waals surface area contributed by atoms with Gasteiger partial charge in [0.2, 0.25) is 0 Å². The van der Waals surface area contributed by atoms with E-state index >= 15 is 0 Å². The van der Waals surface area contributed by atoms with Crippen molar-refractivity contribution in [3.8, 4) is 11.5 Å². The molecule has 0 aliphatic rings. The first kappa shape index (κ1) is 13.6. The average molecular weight is 275 g/mol. The fraction of sp³-hybridized carbons (Fsp3) is 0.188. The molecule has 0 amide bonds. The van der Waals surface area contributed by atoms with Gasteiger partial charge in [-0.3, -0.25) is 4.79 Å². The highest BCUT2D eigenvalue weighted by Crippen LogP contribution is 2.30. The molecule has 0 radical (unpaired) electrons. The van der Waals surface area contributed by atoms with Gasteiger partial charge in [0.25, 0.3) is 0 Å². The smallest absolute Gasteiger partial charge is 0.162 e. The summed E-state index contributed by atoms with van der Waals surface area (Å²) in [4.78, 5) is 11.5. The Labute approximate surface area is 118 Å². The summed E-state index contributed by atoms with van der Waals surface area (Å²) in [6.45, 7) is 3.82. The lowest BCUT2D eigenvalue weighted by atomic mass is 10.1. The van der Waals surface area contributed by atoms with E-state index in [0.29, 0.717) is 28.5 Å². The third-order valence-electron chi connectivity index (χ3n) is 2.81. The molecule has 0 fully saturated rings. The van der Waals surface area contributed by atoms with Crippen molar-refractivity contribution in [3.05, 3.63) is 58.6 Å². The molecule has 19 heavy (non-hydrogen) atoms.